The molecule has 2 aromatic carbocycles. The second-order valence-electron chi connectivity index (χ2n) is 4.15. The topological polar surface area (TPSA) is 20.7 Å². The third-order valence-electron chi connectivity index (χ3n) is 2.87. The predicted octanol–water partition coefficient (Wildman–Crippen LogP) is 4.76. The molecule has 1 N–H and O–H groups in total. The van der Waals surface area contributed by atoms with Crippen molar-refractivity contribution in [3.05, 3.63) is 57.6 Å². The quantitative estimate of drug-likeness (QED) is 0.642. The van der Waals surface area contributed by atoms with Crippen LogP contribution in [0.2, 0.25) is 5.02 Å². The Morgan fingerprint density at radius 2 is 1.80 bits per heavy atom. The normalized spacial score (nSPS) is 11.2. The molecule has 0 unspecified atom stereocenters. The van der Waals surface area contributed by atoms with Crippen molar-refractivity contribution in [1.29, 1.82) is 0 Å². The Balaban J connectivity index is 2.38. The Kier molecular flexibility index (Phi) is 3.07. The Morgan fingerprint density at radius 3 is 2.50 bits per heavy atom. The van der Waals surface area contributed by atoms with Gasteiger partial charge >= 0.3 is 0 Å². The van der Waals surface area contributed by atoms with E-state index in [2.05, 4.69) is 4.98 Å². The molecule has 3 aromatic rings. The first-order valence-electron chi connectivity index (χ1n) is 5.52. The smallest absolute Gasteiger partial charge is 0.182 e. The van der Waals surface area contributed by atoms with Gasteiger partial charge in [0, 0.05) is 12.1 Å². The lowest BCUT2D eigenvalue weighted by atomic mass is 10.2. The molecule has 20 heavy (non-hydrogen) atoms. The van der Waals surface area contributed by atoms with E-state index in [0.717, 1.165) is 18.2 Å². The molecule has 0 amide bonds. The maximum absolute atomic E-state index is 13.7. The zero-order valence-electron chi connectivity index (χ0n) is 9.75. The summed E-state index contributed by atoms with van der Waals surface area (Å²) in [6, 6.07) is 5.88. The van der Waals surface area contributed by atoms with E-state index in [0.29, 0.717) is 5.69 Å². The molecule has 1 heterocycles. The maximum Gasteiger partial charge on any atom is 0.182 e. The van der Waals surface area contributed by atoms with Crippen LogP contribution >= 0.6 is 23.8 Å². The van der Waals surface area contributed by atoms with E-state index >= 15 is 0 Å². The lowest BCUT2D eigenvalue weighted by Crippen LogP contribution is -1.95. The number of hydrogen-bond donors (Lipinski definition) is 1. The summed E-state index contributed by atoms with van der Waals surface area (Å²) in [5.41, 5.74) is 0.578. The van der Waals surface area contributed by atoms with Crippen molar-refractivity contribution in [3.63, 3.8) is 0 Å². The van der Waals surface area contributed by atoms with Crippen molar-refractivity contribution in [2.24, 2.45) is 0 Å². The number of nitrogens with zero attached hydrogens (tertiary/aromatic N) is 1. The van der Waals surface area contributed by atoms with Gasteiger partial charge in [-0.15, -0.1) is 0 Å². The van der Waals surface area contributed by atoms with Gasteiger partial charge in [0.05, 0.1) is 16.2 Å². The van der Waals surface area contributed by atoms with Crippen LogP contribution in [0, 0.1) is 22.2 Å². The Bertz CT molecular complexity index is 885. The van der Waals surface area contributed by atoms with Crippen molar-refractivity contribution in [2.75, 3.05) is 0 Å². The van der Waals surface area contributed by atoms with Crippen LogP contribution in [0.15, 0.2) is 30.3 Å². The zero-order chi connectivity index (χ0) is 14.4. The minimum absolute atomic E-state index is 0.0440. The first-order chi connectivity index (χ1) is 9.47. The van der Waals surface area contributed by atoms with Gasteiger partial charge in [0.15, 0.2) is 10.6 Å². The van der Waals surface area contributed by atoms with Crippen LogP contribution in [0.3, 0.4) is 0 Å². The van der Waals surface area contributed by atoms with Crippen LogP contribution in [-0.2, 0) is 0 Å². The molecule has 0 saturated carbocycles. The standard InChI is InChI=1S/C13H6ClF3N2S/c14-8-2-1-7(5-9(8)16)19-11-4-6(15)3-10(17)12(11)18-13(19)20/h1-5H,(H,18,20). The number of rotatable bonds is 1. The van der Waals surface area contributed by atoms with Gasteiger partial charge in [0.2, 0.25) is 0 Å². The summed E-state index contributed by atoms with van der Waals surface area (Å²) in [7, 11) is 0. The first kappa shape index (κ1) is 13.2. The minimum atomic E-state index is -0.765. The van der Waals surface area contributed by atoms with E-state index < -0.39 is 17.5 Å². The van der Waals surface area contributed by atoms with Crippen LogP contribution in [-0.4, -0.2) is 9.55 Å². The summed E-state index contributed by atoms with van der Waals surface area (Å²) in [6.07, 6.45) is 0. The highest BCUT2D eigenvalue weighted by Gasteiger charge is 2.13. The number of fused-ring (bicyclic) bond motifs is 1. The van der Waals surface area contributed by atoms with Crippen molar-refractivity contribution in [2.45, 2.75) is 0 Å². The van der Waals surface area contributed by atoms with Crippen LogP contribution in [0.4, 0.5) is 13.2 Å². The van der Waals surface area contributed by atoms with Crippen molar-refractivity contribution in [3.8, 4) is 5.69 Å². The predicted molar refractivity (Wildman–Crippen MR) is 73.3 cm³/mol. The summed E-state index contributed by atoms with van der Waals surface area (Å²) in [5.74, 6) is -2.15. The molecule has 3 rings (SSSR count). The molecule has 0 aliphatic carbocycles. The van der Waals surface area contributed by atoms with Crippen LogP contribution < -0.4 is 0 Å². The number of benzene rings is 2. The van der Waals surface area contributed by atoms with E-state index in [4.69, 9.17) is 23.8 Å². The monoisotopic (exact) mass is 314 g/mol. The Labute approximate surface area is 121 Å². The Hall–Kier alpha value is -1.79. The lowest BCUT2D eigenvalue weighted by Gasteiger charge is -2.05. The SMILES string of the molecule is Fc1cc(F)c2[nH]c(=S)n(-c3ccc(Cl)c(F)c3)c2c1. The molecule has 0 aliphatic rings. The largest absolute Gasteiger partial charge is 0.328 e. The number of aromatic amines is 1. The van der Waals surface area contributed by atoms with Gasteiger partial charge in [0.1, 0.15) is 17.2 Å². The molecule has 102 valence electrons. The van der Waals surface area contributed by atoms with Crippen molar-refractivity contribution >= 4 is 34.9 Å². The second kappa shape index (κ2) is 4.64. The average Bonchev–Trinajstić information content (AvgIpc) is 2.70. The molecule has 7 heteroatoms. The highest BCUT2D eigenvalue weighted by molar-refractivity contribution is 7.71. The highest BCUT2D eigenvalue weighted by atomic mass is 35.5. The van der Waals surface area contributed by atoms with Gasteiger partial charge in [-0.1, -0.05) is 11.6 Å². The van der Waals surface area contributed by atoms with Gasteiger partial charge in [0.25, 0.3) is 0 Å². The van der Waals surface area contributed by atoms with Gasteiger partial charge in [-0.3, -0.25) is 4.57 Å². The fraction of sp³-hybridized carbons (Fsp3) is 0. The average molecular weight is 315 g/mol. The summed E-state index contributed by atoms with van der Waals surface area (Å²) < 4.78 is 42.0. The Morgan fingerprint density at radius 1 is 1.05 bits per heavy atom. The molecule has 0 fully saturated rings. The molecular formula is C13H6ClF3N2S. The molecule has 1 aromatic heterocycles. The molecule has 2 nitrogen and oxygen atoms in total. The molecule has 0 spiro atoms. The van der Waals surface area contributed by atoms with Gasteiger partial charge in [-0.2, -0.15) is 0 Å². The van der Waals surface area contributed by atoms with Gasteiger partial charge in [-0.25, -0.2) is 13.2 Å². The highest BCUT2D eigenvalue weighted by Crippen LogP contribution is 2.25. The van der Waals surface area contributed by atoms with Crippen LogP contribution in [0.25, 0.3) is 16.7 Å². The van der Waals surface area contributed by atoms with Gasteiger partial charge in [-0.05, 0) is 30.4 Å². The molecule has 0 saturated heterocycles. The molecule has 0 aliphatic heterocycles. The van der Waals surface area contributed by atoms with Crippen LogP contribution in [0.5, 0.6) is 0 Å². The third kappa shape index (κ3) is 2.01. The molecule has 0 bridgehead atoms. The lowest BCUT2D eigenvalue weighted by molar-refractivity contribution is 0.590. The van der Waals surface area contributed by atoms with E-state index in [1.165, 1.54) is 16.7 Å². The number of aromatic nitrogens is 2. The van der Waals surface area contributed by atoms with Gasteiger partial charge < -0.3 is 4.98 Å². The second-order valence-corrected chi connectivity index (χ2v) is 4.94. The van der Waals surface area contributed by atoms with Crippen LogP contribution in [0.1, 0.15) is 0 Å². The summed E-state index contributed by atoms with van der Waals surface area (Å²) in [5, 5.41) is -0.0440. The van der Waals surface area contributed by atoms with E-state index in [9.17, 15) is 13.2 Å². The maximum atomic E-state index is 13.7. The number of H-pyrrole nitrogens is 1. The number of halogens is 4. The summed E-state index contributed by atoms with van der Waals surface area (Å²) in [6.45, 7) is 0. The third-order valence-corrected chi connectivity index (χ3v) is 3.46. The zero-order valence-corrected chi connectivity index (χ0v) is 11.3. The van der Waals surface area contributed by atoms with E-state index in [-0.39, 0.29) is 20.8 Å². The van der Waals surface area contributed by atoms with Crippen molar-refractivity contribution < 1.29 is 13.2 Å². The summed E-state index contributed by atoms with van der Waals surface area (Å²) in [4.78, 5) is 2.64. The number of nitrogens with one attached hydrogen (secondary N) is 1. The van der Waals surface area contributed by atoms with E-state index in [1.807, 2.05) is 0 Å². The summed E-state index contributed by atoms with van der Waals surface area (Å²) >= 11 is 10.7. The first-order valence-corrected chi connectivity index (χ1v) is 6.31. The van der Waals surface area contributed by atoms with Crippen molar-refractivity contribution in [1.82, 2.24) is 9.55 Å². The molecular weight excluding hydrogens is 309 g/mol. The molecule has 0 radical (unpaired) electrons. The fourth-order valence-electron chi connectivity index (χ4n) is 2.01. The number of hydrogen-bond acceptors (Lipinski definition) is 1. The minimum Gasteiger partial charge on any atom is -0.328 e. The molecule has 0 atom stereocenters. The fourth-order valence-corrected chi connectivity index (χ4v) is 2.44. The number of imidazole rings is 1. The van der Waals surface area contributed by atoms with E-state index in [1.54, 1.807) is 0 Å².